The number of rotatable bonds is 12. The van der Waals surface area contributed by atoms with Crippen molar-refractivity contribution in [3.8, 4) is 5.69 Å². The molecule has 3 aromatic carbocycles. The van der Waals surface area contributed by atoms with Gasteiger partial charge in [-0.15, -0.1) is 0 Å². The maximum Gasteiger partial charge on any atom is 0.354 e. The van der Waals surface area contributed by atoms with Gasteiger partial charge in [-0.1, -0.05) is 81.5 Å². The number of benzene rings is 3. The predicted molar refractivity (Wildman–Crippen MR) is 170 cm³/mol. The highest BCUT2D eigenvalue weighted by Crippen LogP contribution is 2.43. The van der Waals surface area contributed by atoms with Crippen molar-refractivity contribution in [1.82, 2.24) is 9.78 Å². The minimum Gasteiger partial charge on any atom is -0.477 e. The van der Waals surface area contributed by atoms with Gasteiger partial charge in [-0.2, -0.15) is 0 Å². The van der Waals surface area contributed by atoms with E-state index in [2.05, 4.69) is 41.2 Å². The fourth-order valence-corrected chi connectivity index (χ4v) is 6.59. The highest BCUT2D eigenvalue weighted by molar-refractivity contribution is 6.31. The summed E-state index contributed by atoms with van der Waals surface area (Å²) >= 11 is 0. The number of carbonyl (C=O) groups is 3. The summed E-state index contributed by atoms with van der Waals surface area (Å²) in [5.74, 6) is -4.72. The molecule has 0 radical (unpaired) electrons. The van der Waals surface area contributed by atoms with Gasteiger partial charge in [0.05, 0.1) is 11.3 Å². The summed E-state index contributed by atoms with van der Waals surface area (Å²) in [6.45, 7) is 3.04. The largest absolute Gasteiger partial charge is 0.477 e. The van der Waals surface area contributed by atoms with E-state index in [1.807, 2.05) is 12.1 Å². The number of nitrogens with one attached hydrogen (secondary N) is 1. The van der Waals surface area contributed by atoms with Crippen LogP contribution in [0.3, 0.4) is 0 Å². The van der Waals surface area contributed by atoms with Gasteiger partial charge in [0.2, 0.25) is 0 Å². The van der Waals surface area contributed by atoms with Gasteiger partial charge >= 0.3 is 5.97 Å². The molecule has 1 saturated carbocycles. The van der Waals surface area contributed by atoms with Crippen molar-refractivity contribution in [2.75, 3.05) is 11.4 Å². The van der Waals surface area contributed by atoms with Crippen molar-refractivity contribution >= 4 is 28.9 Å². The summed E-state index contributed by atoms with van der Waals surface area (Å²) in [5, 5.41) is 12.4. The van der Waals surface area contributed by atoms with Gasteiger partial charge in [-0.05, 0) is 66.3 Å². The van der Waals surface area contributed by atoms with Crippen LogP contribution in [0.4, 0.5) is 11.4 Å². The molecule has 2 heterocycles. The van der Waals surface area contributed by atoms with Crippen molar-refractivity contribution in [3.63, 3.8) is 0 Å². The molecule has 2 N–H and O–H groups in total. The highest BCUT2D eigenvalue weighted by atomic mass is 16.4. The van der Waals surface area contributed by atoms with Gasteiger partial charge in [0.15, 0.2) is 17.3 Å². The first-order valence-electron chi connectivity index (χ1n) is 15.6. The number of H-pyrrole nitrogens is 1. The molecule has 1 aliphatic heterocycles. The van der Waals surface area contributed by atoms with Crippen LogP contribution in [0.25, 0.3) is 5.69 Å². The standard InChI is InChI=1S/C36H37N3O5/c1-2-3-4-5-6-8-11-23-14-17-26(18-15-23)38-21-20-24-22-25(16-19-28(24)38)29-33(40)31(34(29)41)30-32(36(43)44)37-39(35(30)42)27-12-9-7-10-13-27/h7,9-10,12-19,22,29,31,37H,2-6,8,11,20-21H2,1H3,(H,43,44). The molecule has 6 rings (SSSR count). The number of carbonyl (C=O) groups excluding carboxylic acids is 2. The normalized spacial score (nSPS) is 17.5. The van der Waals surface area contributed by atoms with Crippen molar-refractivity contribution < 1.29 is 19.5 Å². The van der Waals surface area contributed by atoms with E-state index in [1.54, 1.807) is 36.4 Å². The molecule has 226 valence electrons. The van der Waals surface area contributed by atoms with Crippen LogP contribution in [0, 0.1) is 0 Å². The molecule has 8 heteroatoms. The monoisotopic (exact) mass is 591 g/mol. The zero-order valence-electron chi connectivity index (χ0n) is 24.9. The lowest BCUT2D eigenvalue weighted by Crippen LogP contribution is -2.46. The summed E-state index contributed by atoms with van der Waals surface area (Å²) in [6.07, 6.45) is 9.57. The lowest BCUT2D eigenvalue weighted by atomic mass is 9.65. The third-order valence-electron chi connectivity index (χ3n) is 8.98. The number of nitrogens with zero attached hydrogens (tertiary/aromatic N) is 2. The fraction of sp³-hybridized carbons (Fsp3) is 0.333. The molecular formula is C36H37N3O5. The van der Waals surface area contributed by atoms with Crippen LogP contribution in [0.1, 0.15) is 90.0 Å². The van der Waals surface area contributed by atoms with E-state index in [-0.39, 0.29) is 5.56 Å². The number of carboxylic acids is 1. The lowest BCUT2D eigenvalue weighted by Gasteiger charge is -2.32. The summed E-state index contributed by atoms with van der Waals surface area (Å²) < 4.78 is 1.07. The number of Topliss-reactive ketones (excluding diaryl/α,β-unsaturated/α-hetero) is 2. The second-order valence-electron chi connectivity index (χ2n) is 11.8. The summed E-state index contributed by atoms with van der Waals surface area (Å²) in [6, 6.07) is 22.9. The Morgan fingerprint density at radius 1 is 0.841 bits per heavy atom. The second-order valence-corrected chi connectivity index (χ2v) is 11.8. The number of unbranched alkanes of at least 4 members (excludes halogenated alkanes) is 5. The average molecular weight is 592 g/mol. The number of para-hydroxylation sites is 1. The molecule has 8 nitrogen and oxygen atoms in total. The molecule has 0 saturated heterocycles. The Labute approximate surface area is 256 Å². The first-order chi connectivity index (χ1) is 21.4. The van der Waals surface area contributed by atoms with Crippen LogP contribution in [-0.4, -0.2) is 39.0 Å². The molecule has 4 aromatic rings. The Morgan fingerprint density at radius 3 is 2.25 bits per heavy atom. The number of anilines is 2. The predicted octanol–water partition coefficient (Wildman–Crippen LogP) is 6.48. The van der Waals surface area contributed by atoms with E-state index in [9.17, 15) is 24.3 Å². The van der Waals surface area contributed by atoms with Crippen LogP contribution in [0.5, 0.6) is 0 Å². The zero-order valence-corrected chi connectivity index (χ0v) is 24.9. The third-order valence-corrected chi connectivity index (χ3v) is 8.98. The van der Waals surface area contributed by atoms with Crippen molar-refractivity contribution in [3.05, 3.63) is 111 Å². The van der Waals surface area contributed by atoms with E-state index in [4.69, 9.17) is 0 Å². The van der Waals surface area contributed by atoms with Crippen LogP contribution < -0.4 is 10.5 Å². The summed E-state index contributed by atoms with van der Waals surface area (Å²) in [5.41, 5.74) is 4.12. The first-order valence-corrected chi connectivity index (χ1v) is 15.6. The Bertz CT molecular complexity index is 1740. The topological polar surface area (TPSA) is 112 Å². The molecule has 0 unspecified atom stereocenters. The molecule has 44 heavy (non-hydrogen) atoms. The van der Waals surface area contributed by atoms with Gasteiger partial charge < -0.3 is 10.0 Å². The number of aryl methyl sites for hydroxylation is 1. The summed E-state index contributed by atoms with van der Waals surface area (Å²) in [7, 11) is 0. The maximum absolute atomic E-state index is 13.4. The minimum atomic E-state index is -1.40. The van der Waals surface area contributed by atoms with Gasteiger partial charge in [0.25, 0.3) is 5.56 Å². The van der Waals surface area contributed by atoms with Crippen LogP contribution in [0.2, 0.25) is 0 Å². The molecule has 0 atom stereocenters. The van der Waals surface area contributed by atoms with E-state index in [0.717, 1.165) is 41.0 Å². The Hall–Kier alpha value is -4.72. The zero-order chi connectivity index (χ0) is 30.8. The van der Waals surface area contributed by atoms with E-state index >= 15 is 0 Å². The molecule has 0 amide bonds. The lowest BCUT2D eigenvalue weighted by molar-refractivity contribution is -0.142. The van der Waals surface area contributed by atoms with Gasteiger partial charge in [0, 0.05) is 17.9 Å². The molecule has 1 fully saturated rings. The van der Waals surface area contributed by atoms with Crippen LogP contribution >= 0.6 is 0 Å². The van der Waals surface area contributed by atoms with Crippen molar-refractivity contribution in [2.45, 2.75) is 70.1 Å². The van der Waals surface area contributed by atoms with Gasteiger partial charge in [0.1, 0.15) is 11.8 Å². The fourth-order valence-electron chi connectivity index (χ4n) is 6.59. The van der Waals surface area contributed by atoms with Gasteiger partial charge in [-0.3, -0.25) is 19.5 Å². The number of aromatic carboxylic acids is 1. The Morgan fingerprint density at radius 2 is 1.55 bits per heavy atom. The summed E-state index contributed by atoms with van der Waals surface area (Å²) in [4.78, 5) is 54.4. The number of fused-ring (bicyclic) bond motifs is 1. The number of carboxylic acid groups (broad SMARTS) is 1. The van der Waals surface area contributed by atoms with Crippen molar-refractivity contribution in [2.24, 2.45) is 0 Å². The number of hydrogen-bond acceptors (Lipinski definition) is 5. The van der Waals surface area contributed by atoms with E-state index in [1.165, 1.54) is 44.1 Å². The third kappa shape index (κ3) is 5.41. The van der Waals surface area contributed by atoms with E-state index in [0.29, 0.717) is 11.3 Å². The smallest absolute Gasteiger partial charge is 0.354 e. The molecule has 1 aromatic heterocycles. The van der Waals surface area contributed by atoms with Crippen LogP contribution in [0.15, 0.2) is 77.6 Å². The van der Waals surface area contributed by atoms with E-state index < -0.39 is 40.6 Å². The number of ketones is 2. The Balaban J connectivity index is 1.16. The molecule has 1 aliphatic carbocycles. The molecule has 0 spiro atoms. The second kappa shape index (κ2) is 12.5. The molecule has 2 aliphatic rings. The quantitative estimate of drug-likeness (QED) is 0.144. The van der Waals surface area contributed by atoms with Gasteiger partial charge in [-0.25, -0.2) is 9.48 Å². The molecule has 0 bridgehead atoms. The number of aromatic amines is 1. The highest BCUT2D eigenvalue weighted by Gasteiger charge is 2.53. The minimum absolute atomic E-state index is 0.306. The first kappa shape index (κ1) is 29.4. The van der Waals surface area contributed by atoms with Crippen LogP contribution in [-0.2, 0) is 22.4 Å². The van der Waals surface area contributed by atoms with Crippen molar-refractivity contribution in [1.29, 1.82) is 0 Å². The SMILES string of the molecule is CCCCCCCCc1ccc(N2CCc3cc(C4C(=O)C(c5c(C(=O)O)[nH]n(-c6ccccc6)c5=O)C4=O)ccc32)cc1. The number of aromatic nitrogens is 2. The molecular weight excluding hydrogens is 554 g/mol. The number of hydrogen-bond donors (Lipinski definition) is 2. The maximum atomic E-state index is 13.4. The average Bonchev–Trinajstić information content (AvgIpc) is 3.61. The Kier molecular flexibility index (Phi) is 8.33.